The molecular formula is C8H21N. The second-order valence-corrected chi connectivity index (χ2v) is 2.05. The predicted molar refractivity (Wildman–Crippen MR) is 47.3 cm³/mol. The summed E-state index contributed by atoms with van der Waals surface area (Å²) in [5.41, 5.74) is 0. The van der Waals surface area contributed by atoms with Crippen molar-refractivity contribution in [2.24, 2.45) is 10.9 Å². The number of hydrogen-bond acceptors (Lipinski definition) is 1. The number of nitrogens with zero attached hydrogens (tertiary/aromatic N) is 1. The van der Waals surface area contributed by atoms with Crippen molar-refractivity contribution in [1.29, 1.82) is 0 Å². The first kappa shape index (κ1) is 15.9. The summed E-state index contributed by atoms with van der Waals surface area (Å²) in [7, 11) is 1.64. The van der Waals surface area contributed by atoms with Gasteiger partial charge >= 0.3 is 0 Å². The zero-order chi connectivity index (χ0) is 8.28. The monoisotopic (exact) mass is 131 g/mol. The summed E-state index contributed by atoms with van der Waals surface area (Å²) in [6.07, 6.45) is 0. The standard InChI is InChI=1S/C4H10.C2H5N.C2H6/c1-4(2)3;1-3-2;1-2/h4H,1-3H3;1H2,2H3;1-2H3. The molecule has 0 fully saturated rings. The third kappa shape index (κ3) is 2260. The van der Waals surface area contributed by atoms with Crippen LogP contribution in [0.4, 0.5) is 0 Å². The van der Waals surface area contributed by atoms with Gasteiger partial charge < -0.3 is 4.99 Å². The highest BCUT2D eigenvalue weighted by Gasteiger charge is 1.68. The van der Waals surface area contributed by atoms with Gasteiger partial charge in [0.05, 0.1) is 0 Å². The maximum atomic E-state index is 3.25. The minimum atomic E-state index is 0.833. The van der Waals surface area contributed by atoms with E-state index in [9.17, 15) is 0 Å². The van der Waals surface area contributed by atoms with Crippen molar-refractivity contribution < 1.29 is 0 Å². The van der Waals surface area contributed by atoms with E-state index in [0.717, 1.165) is 5.92 Å². The highest BCUT2D eigenvalue weighted by molar-refractivity contribution is 5.22. The molecule has 0 amide bonds. The normalized spacial score (nSPS) is 6.11. The molecule has 0 aromatic rings. The van der Waals surface area contributed by atoms with Crippen LogP contribution in [0.15, 0.2) is 4.99 Å². The Hall–Kier alpha value is -0.330. The van der Waals surface area contributed by atoms with Crippen molar-refractivity contribution in [3.05, 3.63) is 0 Å². The van der Waals surface area contributed by atoms with Crippen molar-refractivity contribution in [1.82, 2.24) is 0 Å². The highest BCUT2D eigenvalue weighted by Crippen LogP contribution is 1.81. The number of rotatable bonds is 0. The Morgan fingerprint density at radius 2 is 1.11 bits per heavy atom. The number of aliphatic imine (C=N–C) groups is 1. The van der Waals surface area contributed by atoms with Gasteiger partial charge in [0.2, 0.25) is 0 Å². The molecule has 1 nitrogen and oxygen atoms in total. The van der Waals surface area contributed by atoms with Crippen LogP contribution >= 0.6 is 0 Å². The summed E-state index contributed by atoms with van der Waals surface area (Å²) in [4.78, 5) is 3.25. The van der Waals surface area contributed by atoms with Crippen molar-refractivity contribution in [2.75, 3.05) is 7.05 Å². The summed E-state index contributed by atoms with van der Waals surface area (Å²) >= 11 is 0. The van der Waals surface area contributed by atoms with Gasteiger partial charge in [0, 0.05) is 7.05 Å². The SMILES string of the molecule is C=NC.CC.CC(C)C. The molecule has 0 rings (SSSR count). The van der Waals surface area contributed by atoms with Gasteiger partial charge in [-0.05, 0) is 12.6 Å². The lowest BCUT2D eigenvalue weighted by molar-refractivity contribution is 0.737. The van der Waals surface area contributed by atoms with Crippen LogP contribution in [0, 0.1) is 5.92 Å². The lowest BCUT2D eigenvalue weighted by atomic mass is 10.3. The van der Waals surface area contributed by atoms with E-state index in [-0.39, 0.29) is 0 Å². The van der Waals surface area contributed by atoms with E-state index in [0.29, 0.717) is 0 Å². The molecule has 0 saturated heterocycles. The van der Waals surface area contributed by atoms with Crippen LogP contribution < -0.4 is 0 Å². The molecule has 0 N–H and O–H groups in total. The maximum absolute atomic E-state index is 3.25. The zero-order valence-corrected chi connectivity index (χ0v) is 7.73. The van der Waals surface area contributed by atoms with Gasteiger partial charge in [0.25, 0.3) is 0 Å². The van der Waals surface area contributed by atoms with Gasteiger partial charge in [-0.2, -0.15) is 0 Å². The molecule has 0 aromatic heterocycles. The van der Waals surface area contributed by atoms with Crippen molar-refractivity contribution in [2.45, 2.75) is 34.6 Å². The summed E-state index contributed by atoms with van der Waals surface area (Å²) in [6.45, 7) is 13.6. The minimum absolute atomic E-state index is 0.833. The second-order valence-electron chi connectivity index (χ2n) is 2.05. The average molecular weight is 131 g/mol. The van der Waals surface area contributed by atoms with Crippen LogP contribution in [-0.2, 0) is 0 Å². The van der Waals surface area contributed by atoms with Gasteiger partial charge in [-0.3, -0.25) is 0 Å². The van der Waals surface area contributed by atoms with Gasteiger partial charge in [-0.25, -0.2) is 0 Å². The third-order valence-electron chi connectivity index (χ3n) is 0. The van der Waals surface area contributed by atoms with E-state index in [1.807, 2.05) is 13.8 Å². The fourth-order valence-electron chi connectivity index (χ4n) is 0. The summed E-state index contributed by atoms with van der Waals surface area (Å²) in [5.74, 6) is 0.833. The molecule has 0 heterocycles. The fraction of sp³-hybridized carbons (Fsp3) is 0.875. The van der Waals surface area contributed by atoms with Gasteiger partial charge in [0.1, 0.15) is 0 Å². The van der Waals surface area contributed by atoms with E-state index >= 15 is 0 Å². The second kappa shape index (κ2) is 25.3. The van der Waals surface area contributed by atoms with Crippen molar-refractivity contribution in [3.63, 3.8) is 0 Å². The lowest BCUT2D eigenvalue weighted by Gasteiger charge is -1.79. The van der Waals surface area contributed by atoms with Crippen LogP contribution in [0.5, 0.6) is 0 Å². The highest BCUT2D eigenvalue weighted by atomic mass is 14.6. The molecule has 0 saturated carbocycles. The Morgan fingerprint density at radius 1 is 1.11 bits per heavy atom. The van der Waals surface area contributed by atoms with Crippen molar-refractivity contribution >= 4 is 6.72 Å². The van der Waals surface area contributed by atoms with Crippen molar-refractivity contribution in [3.8, 4) is 0 Å². The summed E-state index contributed by atoms with van der Waals surface area (Å²) < 4.78 is 0. The smallest absolute Gasteiger partial charge is 0.0269 e. The van der Waals surface area contributed by atoms with Gasteiger partial charge in [-0.1, -0.05) is 34.6 Å². The van der Waals surface area contributed by atoms with E-state index in [1.165, 1.54) is 0 Å². The third-order valence-corrected chi connectivity index (χ3v) is 0. The molecule has 0 radical (unpaired) electrons. The molecule has 0 spiro atoms. The summed E-state index contributed by atoms with van der Waals surface area (Å²) in [5, 5.41) is 0. The lowest BCUT2D eigenvalue weighted by Crippen LogP contribution is -1.66. The Kier molecular flexibility index (Phi) is 44.7. The van der Waals surface area contributed by atoms with Crippen LogP contribution in [-0.4, -0.2) is 13.8 Å². The van der Waals surface area contributed by atoms with Gasteiger partial charge in [0.15, 0.2) is 0 Å². The largest absolute Gasteiger partial charge is 0.304 e. The molecule has 0 aromatic carbocycles. The minimum Gasteiger partial charge on any atom is -0.304 e. The van der Waals surface area contributed by atoms with E-state index in [2.05, 4.69) is 32.5 Å². The maximum Gasteiger partial charge on any atom is 0.0269 e. The molecule has 1 heteroatoms. The van der Waals surface area contributed by atoms with E-state index in [4.69, 9.17) is 0 Å². The van der Waals surface area contributed by atoms with E-state index < -0.39 is 0 Å². The van der Waals surface area contributed by atoms with Crippen LogP contribution in [0.3, 0.4) is 0 Å². The fourth-order valence-corrected chi connectivity index (χ4v) is 0. The Morgan fingerprint density at radius 3 is 1.11 bits per heavy atom. The number of hydrogen-bond donors (Lipinski definition) is 0. The first-order valence-electron chi connectivity index (χ1n) is 3.50. The molecule has 0 aliphatic heterocycles. The molecule has 0 aliphatic rings. The Labute approximate surface area is 60.2 Å². The molecule has 0 aliphatic carbocycles. The molecule has 0 atom stereocenters. The van der Waals surface area contributed by atoms with Crippen LogP contribution in [0.25, 0.3) is 0 Å². The van der Waals surface area contributed by atoms with E-state index in [1.54, 1.807) is 7.05 Å². The average Bonchev–Trinajstić information content (AvgIpc) is 1.71. The molecule has 0 bridgehead atoms. The summed E-state index contributed by atoms with van der Waals surface area (Å²) in [6, 6.07) is 0. The topological polar surface area (TPSA) is 12.4 Å². The zero-order valence-electron chi connectivity index (χ0n) is 7.73. The molecule has 9 heavy (non-hydrogen) atoms. The first-order valence-corrected chi connectivity index (χ1v) is 3.50. The predicted octanol–water partition coefficient (Wildman–Crippen LogP) is 3.01. The molecule has 58 valence electrons. The Balaban J connectivity index is -0.0000000646. The molecule has 0 unspecified atom stereocenters. The quantitative estimate of drug-likeness (QED) is 0.448. The van der Waals surface area contributed by atoms with Gasteiger partial charge in [-0.15, -0.1) is 0 Å². The van der Waals surface area contributed by atoms with Crippen LogP contribution in [0.1, 0.15) is 34.6 Å². The first-order chi connectivity index (χ1) is 4.15. The Bertz CT molecular complexity index is 28.8. The van der Waals surface area contributed by atoms with Crippen LogP contribution in [0.2, 0.25) is 0 Å². The molecular weight excluding hydrogens is 110 g/mol.